The molecule has 1 aromatic heterocycles. The average molecular weight is 487 g/mol. The first-order valence-corrected chi connectivity index (χ1v) is 11.8. The van der Waals surface area contributed by atoms with E-state index < -0.39 is 5.97 Å². The molecule has 0 fully saturated rings. The van der Waals surface area contributed by atoms with Crippen LogP contribution in [0.15, 0.2) is 72.9 Å². The van der Waals surface area contributed by atoms with Gasteiger partial charge in [-0.1, -0.05) is 60.1 Å². The monoisotopic (exact) mass is 486 g/mol. The summed E-state index contributed by atoms with van der Waals surface area (Å²) >= 11 is 6.12. The van der Waals surface area contributed by atoms with Gasteiger partial charge in [-0.05, 0) is 65.9 Å². The van der Waals surface area contributed by atoms with Gasteiger partial charge in [0.1, 0.15) is 11.6 Å². The smallest absolute Gasteiger partial charge is 0.303 e. The lowest BCUT2D eigenvalue weighted by atomic mass is 10.0. The van der Waals surface area contributed by atoms with Gasteiger partial charge >= 0.3 is 5.97 Å². The van der Waals surface area contributed by atoms with Gasteiger partial charge in [-0.25, -0.2) is 4.98 Å². The Kier molecular flexibility index (Phi) is 7.68. The molecular weight excluding hydrogens is 460 g/mol. The second-order valence-corrected chi connectivity index (χ2v) is 8.75. The topological polar surface area (TPSA) is 64.4 Å². The van der Waals surface area contributed by atoms with Gasteiger partial charge in [0, 0.05) is 29.7 Å². The predicted molar refractivity (Wildman–Crippen MR) is 142 cm³/mol. The summed E-state index contributed by atoms with van der Waals surface area (Å²) in [6.45, 7) is 2.58. The molecule has 1 heterocycles. The van der Waals surface area contributed by atoms with Crippen LogP contribution < -0.4 is 4.74 Å². The Morgan fingerprint density at radius 2 is 1.71 bits per heavy atom. The van der Waals surface area contributed by atoms with E-state index in [0.717, 1.165) is 45.1 Å². The second-order valence-electron chi connectivity index (χ2n) is 8.32. The third-order valence-corrected chi connectivity index (χ3v) is 6.06. The zero-order valence-electron chi connectivity index (χ0n) is 19.7. The lowest BCUT2D eigenvalue weighted by molar-refractivity contribution is -0.137. The van der Waals surface area contributed by atoms with Crippen LogP contribution in [0.4, 0.5) is 0 Å². The number of imidazole rings is 1. The molecule has 0 aliphatic heterocycles. The van der Waals surface area contributed by atoms with E-state index in [2.05, 4.69) is 24.3 Å². The van der Waals surface area contributed by atoms with Crippen LogP contribution in [0.2, 0.25) is 5.02 Å². The summed E-state index contributed by atoms with van der Waals surface area (Å²) in [5, 5.41) is 9.72. The normalized spacial score (nSPS) is 11.2. The van der Waals surface area contributed by atoms with Crippen molar-refractivity contribution in [1.82, 2.24) is 9.55 Å². The predicted octanol–water partition coefficient (Wildman–Crippen LogP) is 7.22. The minimum Gasteiger partial charge on any atom is -0.497 e. The first kappa shape index (κ1) is 24.3. The summed E-state index contributed by atoms with van der Waals surface area (Å²) in [4.78, 5) is 15.8. The van der Waals surface area contributed by atoms with Gasteiger partial charge in [0.05, 0.1) is 12.8 Å². The molecule has 0 spiro atoms. The molecule has 0 saturated carbocycles. The fraction of sp³-hybridized carbons (Fsp3) is 0.172. The van der Waals surface area contributed by atoms with Crippen molar-refractivity contribution in [2.24, 2.45) is 0 Å². The highest BCUT2D eigenvalue weighted by Crippen LogP contribution is 2.27. The van der Waals surface area contributed by atoms with Gasteiger partial charge in [0.2, 0.25) is 0 Å². The zero-order valence-corrected chi connectivity index (χ0v) is 20.5. The fourth-order valence-corrected chi connectivity index (χ4v) is 4.15. The maximum absolute atomic E-state index is 11.0. The fourth-order valence-electron chi connectivity index (χ4n) is 3.93. The number of carbonyl (C=O) groups is 1. The largest absolute Gasteiger partial charge is 0.497 e. The minimum atomic E-state index is -0.798. The zero-order chi connectivity index (χ0) is 24.8. The van der Waals surface area contributed by atoms with Crippen molar-refractivity contribution in [1.29, 1.82) is 0 Å². The molecule has 0 bridgehead atoms. The molecule has 6 heteroatoms. The van der Waals surface area contributed by atoms with Crippen LogP contribution in [-0.2, 0) is 11.3 Å². The molecule has 0 radical (unpaired) electrons. The number of rotatable bonds is 9. The third-order valence-electron chi connectivity index (χ3n) is 5.82. The maximum Gasteiger partial charge on any atom is 0.303 e. The van der Waals surface area contributed by atoms with Gasteiger partial charge in [0.15, 0.2) is 0 Å². The van der Waals surface area contributed by atoms with Crippen molar-refractivity contribution in [3.8, 4) is 28.1 Å². The van der Waals surface area contributed by atoms with E-state index in [1.54, 1.807) is 7.11 Å². The van der Waals surface area contributed by atoms with Gasteiger partial charge in [-0.3, -0.25) is 4.79 Å². The first-order chi connectivity index (χ1) is 16.9. The van der Waals surface area contributed by atoms with Gasteiger partial charge in [0.25, 0.3) is 0 Å². The number of hydrogen-bond acceptors (Lipinski definition) is 3. The molecule has 0 saturated heterocycles. The van der Waals surface area contributed by atoms with Gasteiger partial charge in [-0.2, -0.15) is 0 Å². The number of aliphatic carboxylic acids is 1. The molecule has 35 heavy (non-hydrogen) atoms. The van der Waals surface area contributed by atoms with E-state index in [1.165, 1.54) is 0 Å². The standard InChI is InChI=1S/C29H27ClN2O3/c1-20-18-24(30)12-15-26(20)27-19-32(17-3-4-29(33)34)28(31-27)16-7-21-5-8-22(9-6-21)23-10-13-25(35-2)14-11-23/h5-16,18-19H,3-4,17H2,1-2H3,(H,33,34)/b16-7+. The Balaban J connectivity index is 1.57. The summed E-state index contributed by atoms with van der Waals surface area (Å²) in [5.41, 5.74) is 6.18. The summed E-state index contributed by atoms with van der Waals surface area (Å²) in [7, 11) is 1.66. The number of methoxy groups -OCH3 is 1. The van der Waals surface area contributed by atoms with E-state index in [-0.39, 0.29) is 6.42 Å². The number of ether oxygens (including phenoxy) is 1. The molecule has 1 N–H and O–H groups in total. The molecule has 0 unspecified atom stereocenters. The molecule has 0 aliphatic rings. The SMILES string of the molecule is COc1ccc(-c2ccc(/C=C/c3nc(-c4ccc(Cl)cc4C)cn3CCCC(=O)O)cc2)cc1. The Morgan fingerprint density at radius 1 is 1.03 bits per heavy atom. The highest BCUT2D eigenvalue weighted by molar-refractivity contribution is 6.30. The van der Waals surface area contributed by atoms with Crippen molar-refractivity contribution in [3.63, 3.8) is 0 Å². The molecule has 3 aromatic carbocycles. The van der Waals surface area contributed by atoms with Gasteiger partial charge in [-0.15, -0.1) is 0 Å². The van der Waals surface area contributed by atoms with Crippen LogP contribution in [0.25, 0.3) is 34.5 Å². The van der Waals surface area contributed by atoms with Crippen LogP contribution >= 0.6 is 11.6 Å². The Morgan fingerprint density at radius 3 is 2.34 bits per heavy atom. The lowest BCUT2D eigenvalue weighted by Gasteiger charge is -2.05. The van der Waals surface area contributed by atoms with Gasteiger partial charge < -0.3 is 14.4 Å². The maximum atomic E-state index is 11.0. The van der Waals surface area contributed by atoms with Crippen molar-refractivity contribution in [3.05, 3.63) is 94.9 Å². The van der Waals surface area contributed by atoms with E-state index in [0.29, 0.717) is 18.0 Å². The number of carboxylic acids is 1. The average Bonchev–Trinajstić information content (AvgIpc) is 3.25. The van der Waals surface area contributed by atoms with Crippen LogP contribution in [0.3, 0.4) is 0 Å². The van der Waals surface area contributed by atoms with Crippen LogP contribution in [0, 0.1) is 6.92 Å². The highest BCUT2D eigenvalue weighted by atomic mass is 35.5. The first-order valence-electron chi connectivity index (χ1n) is 11.4. The molecule has 0 amide bonds. The molecular formula is C29H27ClN2O3. The van der Waals surface area contributed by atoms with Crippen molar-refractivity contribution in [2.45, 2.75) is 26.3 Å². The molecule has 5 nitrogen and oxygen atoms in total. The molecule has 4 aromatic rings. The number of nitrogens with zero attached hydrogens (tertiary/aromatic N) is 2. The van der Waals surface area contributed by atoms with E-state index in [1.807, 2.05) is 72.3 Å². The van der Waals surface area contributed by atoms with Crippen molar-refractivity contribution >= 4 is 29.7 Å². The third kappa shape index (κ3) is 6.19. The van der Waals surface area contributed by atoms with Crippen LogP contribution in [-0.4, -0.2) is 27.7 Å². The minimum absolute atomic E-state index is 0.115. The Labute approximate surface area is 210 Å². The Bertz CT molecular complexity index is 1340. The van der Waals surface area contributed by atoms with Crippen LogP contribution in [0.1, 0.15) is 29.8 Å². The summed E-state index contributed by atoms with van der Waals surface area (Å²) in [5.74, 6) is 0.812. The summed E-state index contributed by atoms with van der Waals surface area (Å²) in [6, 6.07) is 22.0. The Hall–Kier alpha value is -3.83. The van der Waals surface area contributed by atoms with E-state index in [9.17, 15) is 4.79 Å². The number of halogens is 1. The summed E-state index contributed by atoms with van der Waals surface area (Å²) < 4.78 is 7.24. The second kappa shape index (κ2) is 11.1. The number of carboxylic acid groups (broad SMARTS) is 1. The number of hydrogen-bond donors (Lipinski definition) is 1. The number of benzene rings is 3. The lowest BCUT2D eigenvalue weighted by Crippen LogP contribution is -2.02. The molecule has 4 rings (SSSR count). The van der Waals surface area contributed by atoms with Crippen molar-refractivity contribution < 1.29 is 14.6 Å². The van der Waals surface area contributed by atoms with Crippen LogP contribution in [0.5, 0.6) is 5.75 Å². The number of aryl methyl sites for hydroxylation is 2. The molecule has 178 valence electrons. The van der Waals surface area contributed by atoms with E-state index in [4.69, 9.17) is 26.4 Å². The van der Waals surface area contributed by atoms with Crippen molar-refractivity contribution in [2.75, 3.05) is 7.11 Å². The number of aromatic nitrogens is 2. The molecule has 0 atom stereocenters. The quantitative estimate of drug-likeness (QED) is 0.271. The summed E-state index contributed by atoms with van der Waals surface area (Å²) in [6.07, 6.45) is 6.61. The van der Waals surface area contributed by atoms with E-state index >= 15 is 0 Å². The molecule has 0 aliphatic carbocycles. The highest BCUT2D eigenvalue weighted by Gasteiger charge is 2.11.